The lowest BCUT2D eigenvalue weighted by atomic mass is 9.88. The summed E-state index contributed by atoms with van der Waals surface area (Å²) >= 11 is 5.97. The van der Waals surface area contributed by atoms with Crippen molar-refractivity contribution < 1.29 is 13.2 Å². The zero-order valence-electron chi connectivity index (χ0n) is 18.4. The number of halogens is 1. The third kappa shape index (κ3) is 5.60. The molecule has 0 bridgehead atoms. The summed E-state index contributed by atoms with van der Waals surface area (Å²) in [4.78, 5) is 13.3. The van der Waals surface area contributed by atoms with Gasteiger partial charge >= 0.3 is 0 Å². The second-order valence-corrected chi connectivity index (χ2v) is 10.5. The summed E-state index contributed by atoms with van der Waals surface area (Å²) < 4.78 is 26.4. The smallest absolute Gasteiger partial charge is 0.244 e. The zero-order valence-corrected chi connectivity index (χ0v) is 20.0. The SMILES string of the molecule is CC[C@@H](NC(=O)[C@H](CC)N(c1ccc(Cl)cc1)S(C)(=O)=O)c1ccc2c(c1)CCCC2. The Bertz CT molecular complexity index is 1020. The van der Waals surface area contributed by atoms with E-state index < -0.39 is 16.1 Å². The first-order valence-electron chi connectivity index (χ1n) is 10.9. The highest BCUT2D eigenvalue weighted by Crippen LogP contribution is 2.28. The van der Waals surface area contributed by atoms with Crippen LogP contribution in [0.1, 0.15) is 62.3 Å². The Balaban J connectivity index is 1.86. The molecule has 0 fully saturated rings. The van der Waals surface area contributed by atoms with Crippen LogP contribution in [0.15, 0.2) is 42.5 Å². The quantitative estimate of drug-likeness (QED) is 0.598. The lowest BCUT2D eigenvalue weighted by Gasteiger charge is -2.31. The number of carbonyl (C=O) groups is 1. The van der Waals surface area contributed by atoms with Gasteiger partial charge in [0.2, 0.25) is 15.9 Å². The van der Waals surface area contributed by atoms with E-state index in [1.165, 1.54) is 28.3 Å². The van der Waals surface area contributed by atoms with E-state index in [1.54, 1.807) is 24.3 Å². The molecule has 1 aliphatic carbocycles. The third-order valence-corrected chi connectivity index (χ3v) is 7.34. The topological polar surface area (TPSA) is 66.5 Å². The summed E-state index contributed by atoms with van der Waals surface area (Å²) in [5, 5.41) is 3.61. The molecule has 0 saturated carbocycles. The summed E-state index contributed by atoms with van der Waals surface area (Å²) in [6.07, 6.45) is 6.80. The maximum atomic E-state index is 13.3. The van der Waals surface area contributed by atoms with Gasteiger partial charge in [-0.2, -0.15) is 0 Å². The van der Waals surface area contributed by atoms with Crippen LogP contribution in [0, 0.1) is 0 Å². The molecule has 0 spiro atoms. The standard InChI is InChI=1S/C24H31ClN2O3S/c1-4-22(19-11-10-17-8-6-7-9-18(17)16-19)26-24(28)23(5-2)27(31(3,29)30)21-14-12-20(25)13-15-21/h10-16,22-23H,4-9H2,1-3H3,(H,26,28)/t22-,23+/m1/s1. The van der Waals surface area contributed by atoms with Crippen molar-refractivity contribution in [2.75, 3.05) is 10.6 Å². The van der Waals surface area contributed by atoms with Crippen LogP contribution in [0.3, 0.4) is 0 Å². The summed E-state index contributed by atoms with van der Waals surface area (Å²) in [5.74, 6) is -0.299. The van der Waals surface area contributed by atoms with E-state index in [1.807, 2.05) is 13.8 Å². The van der Waals surface area contributed by atoms with Crippen molar-refractivity contribution in [2.24, 2.45) is 0 Å². The fraction of sp³-hybridized carbons (Fsp3) is 0.458. The number of nitrogens with zero attached hydrogens (tertiary/aromatic N) is 1. The molecule has 0 saturated heterocycles. The molecular formula is C24H31ClN2O3S. The molecule has 2 atom stereocenters. The molecule has 0 aliphatic heterocycles. The molecule has 2 aromatic carbocycles. The van der Waals surface area contributed by atoms with Gasteiger partial charge in [-0.3, -0.25) is 9.10 Å². The van der Waals surface area contributed by atoms with Crippen LogP contribution in [0.2, 0.25) is 5.02 Å². The van der Waals surface area contributed by atoms with Crippen LogP contribution >= 0.6 is 11.6 Å². The molecule has 7 heteroatoms. The van der Waals surface area contributed by atoms with Gasteiger partial charge in [0.1, 0.15) is 6.04 Å². The molecule has 0 unspecified atom stereocenters. The molecular weight excluding hydrogens is 432 g/mol. The number of aryl methyl sites for hydroxylation is 2. The van der Waals surface area contributed by atoms with Gasteiger partial charge < -0.3 is 5.32 Å². The number of carbonyl (C=O) groups excluding carboxylic acids is 1. The Kier molecular flexibility index (Phi) is 7.65. The van der Waals surface area contributed by atoms with Gasteiger partial charge in [-0.25, -0.2) is 8.42 Å². The minimum absolute atomic E-state index is 0.166. The second kappa shape index (κ2) is 10.0. The highest BCUT2D eigenvalue weighted by molar-refractivity contribution is 7.92. The second-order valence-electron chi connectivity index (χ2n) is 8.16. The Morgan fingerprint density at radius 1 is 1.03 bits per heavy atom. The summed E-state index contributed by atoms with van der Waals surface area (Å²) in [6, 6.07) is 12.0. The first-order chi connectivity index (χ1) is 14.7. The highest BCUT2D eigenvalue weighted by Gasteiger charge is 2.32. The van der Waals surface area contributed by atoms with Crippen LogP contribution in [0.25, 0.3) is 0 Å². The molecule has 1 aliphatic rings. The van der Waals surface area contributed by atoms with Crippen molar-refractivity contribution in [3.63, 3.8) is 0 Å². The lowest BCUT2D eigenvalue weighted by molar-refractivity contribution is -0.123. The maximum Gasteiger partial charge on any atom is 0.244 e. The first kappa shape index (κ1) is 23.6. The predicted octanol–water partition coefficient (Wildman–Crippen LogP) is 5.03. The van der Waals surface area contributed by atoms with E-state index in [0.717, 1.165) is 31.1 Å². The number of rotatable bonds is 8. The van der Waals surface area contributed by atoms with Crippen molar-refractivity contribution in [1.82, 2.24) is 5.32 Å². The maximum absolute atomic E-state index is 13.3. The summed E-state index contributed by atoms with van der Waals surface area (Å²) in [7, 11) is -3.68. The van der Waals surface area contributed by atoms with Gasteiger partial charge in [0.15, 0.2) is 0 Å². The van der Waals surface area contributed by atoms with Gasteiger partial charge in [-0.05, 0) is 79.5 Å². The normalized spacial score (nSPS) is 15.6. The number of fused-ring (bicyclic) bond motifs is 1. The number of hydrogen-bond acceptors (Lipinski definition) is 3. The van der Waals surface area contributed by atoms with E-state index in [9.17, 15) is 13.2 Å². The Morgan fingerprint density at radius 2 is 1.68 bits per heavy atom. The fourth-order valence-electron chi connectivity index (χ4n) is 4.31. The van der Waals surface area contributed by atoms with E-state index in [-0.39, 0.29) is 11.9 Å². The van der Waals surface area contributed by atoms with Crippen LogP contribution in [0.5, 0.6) is 0 Å². The largest absolute Gasteiger partial charge is 0.347 e. The first-order valence-corrected chi connectivity index (χ1v) is 13.1. The van der Waals surface area contributed by atoms with E-state index >= 15 is 0 Å². The van der Waals surface area contributed by atoms with Crippen LogP contribution in [0.4, 0.5) is 5.69 Å². The van der Waals surface area contributed by atoms with Gasteiger partial charge in [0.05, 0.1) is 18.0 Å². The highest BCUT2D eigenvalue weighted by atomic mass is 35.5. The van der Waals surface area contributed by atoms with Crippen molar-refractivity contribution in [2.45, 2.75) is 64.5 Å². The Morgan fingerprint density at radius 3 is 2.26 bits per heavy atom. The molecule has 1 N–H and O–H groups in total. The Hall–Kier alpha value is -2.05. The number of benzene rings is 2. The van der Waals surface area contributed by atoms with E-state index in [0.29, 0.717) is 17.1 Å². The molecule has 0 aromatic heterocycles. The van der Waals surface area contributed by atoms with Gasteiger partial charge in [0.25, 0.3) is 0 Å². The monoisotopic (exact) mass is 462 g/mol. The zero-order chi connectivity index (χ0) is 22.6. The van der Waals surface area contributed by atoms with Crippen LogP contribution in [-0.2, 0) is 27.7 Å². The predicted molar refractivity (Wildman–Crippen MR) is 127 cm³/mol. The molecule has 31 heavy (non-hydrogen) atoms. The minimum Gasteiger partial charge on any atom is -0.347 e. The minimum atomic E-state index is -3.68. The fourth-order valence-corrected chi connectivity index (χ4v) is 5.65. The number of hydrogen-bond donors (Lipinski definition) is 1. The van der Waals surface area contributed by atoms with Crippen molar-refractivity contribution >= 4 is 33.2 Å². The average molecular weight is 463 g/mol. The molecule has 168 valence electrons. The number of amides is 1. The summed E-state index contributed by atoms with van der Waals surface area (Å²) in [6.45, 7) is 3.84. The van der Waals surface area contributed by atoms with Gasteiger partial charge in [0, 0.05) is 5.02 Å². The third-order valence-electron chi connectivity index (χ3n) is 5.91. The number of anilines is 1. The van der Waals surface area contributed by atoms with Gasteiger partial charge in [-0.15, -0.1) is 0 Å². The van der Waals surface area contributed by atoms with Crippen LogP contribution in [-0.4, -0.2) is 26.6 Å². The van der Waals surface area contributed by atoms with Crippen molar-refractivity contribution in [3.05, 3.63) is 64.2 Å². The average Bonchev–Trinajstić information content (AvgIpc) is 2.75. The number of sulfonamides is 1. The number of nitrogens with one attached hydrogen (secondary N) is 1. The summed E-state index contributed by atoms with van der Waals surface area (Å²) in [5.41, 5.74) is 4.26. The van der Waals surface area contributed by atoms with E-state index in [4.69, 9.17) is 11.6 Å². The molecule has 2 aromatic rings. The van der Waals surface area contributed by atoms with E-state index in [2.05, 4.69) is 23.5 Å². The van der Waals surface area contributed by atoms with Crippen molar-refractivity contribution in [3.8, 4) is 0 Å². The lowest BCUT2D eigenvalue weighted by Crippen LogP contribution is -2.50. The molecule has 0 heterocycles. The molecule has 0 radical (unpaired) electrons. The van der Waals surface area contributed by atoms with Crippen molar-refractivity contribution in [1.29, 1.82) is 0 Å². The Labute approximate surface area is 190 Å². The molecule has 1 amide bonds. The molecule has 5 nitrogen and oxygen atoms in total. The van der Waals surface area contributed by atoms with Crippen LogP contribution < -0.4 is 9.62 Å². The van der Waals surface area contributed by atoms with Gasteiger partial charge in [-0.1, -0.05) is 43.6 Å². The molecule has 3 rings (SSSR count).